The van der Waals surface area contributed by atoms with Gasteiger partial charge in [0.2, 0.25) is 5.43 Å². The number of nitrogens with zero attached hydrogens (tertiary/aromatic N) is 4. The maximum Gasteiger partial charge on any atom is 0.219 e. The van der Waals surface area contributed by atoms with E-state index in [0.29, 0.717) is 44.9 Å². The molecule has 5 rings (SSSR count). The average Bonchev–Trinajstić information content (AvgIpc) is 2.93. The summed E-state index contributed by atoms with van der Waals surface area (Å²) in [6.07, 6.45) is 2.76. The quantitative estimate of drug-likeness (QED) is 0.250. The smallest absolute Gasteiger partial charge is 0.219 e. The lowest BCUT2D eigenvalue weighted by molar-refractivity contribution is 0.0985. The minimum Gasteiger partial charge on any atom is -0.495 e. The number of aromatic nitrogens is 4. The molecule has 0 unspecified atom stereocenters. The summed E-state index contributed by atoms with van der Waals surface area (Å²) in [5, 5.41) is 4.18. The summed E-state index contributed by atoms with van der Waals surface area (Å²) in [7, 11) is 3.14. The Hall–Kier alpha value is -4.99. The maximum absolute atomic E-state index is 15.1. The molecule has 202 valence electrons. The van der Waals surface area contributed by atoms with E-state index >= 15 is 4.39 Å². The van der Waals surface area contributed by atoms with Gasteiger partial charge in [-0.15, -0.1) is 0 Å². The first kappa shape index (κ1) is 26.6. The third-order valence-corrected chi connectivity index (χ3v) is 6.59. The molecule has 5 aromatic rings. The second-order valence-electron chi connectivity index (χ2n) is 9.24. The maximum atomic E-state index is 15.1. The average molecular weight is 543 g/mol. The summed E-state index contributed by atoms with van der Waals surface area (Å²) in [5.41, 5.74) is 2.29. The highest BCUT2D eigenvalue weighted by atomic mass is 19.1. The van der Waals surface area contributed by atoms with E-state index < -0.39 is 22.8 Å². The van der Waals surface area contributed by atoms with Crippen molar-refractivity contribution in [3.63, 3.8) is 0 Å². The van der Waals surface area contributed by atoms with E-state index in [9.17, 15) is 14.0 Å². The first-order valence-electron chi connectivity index (χ1n) is 12.3. The second-order valence-corrected chi connectivity index (χ2v) is 9.24. The number of aryl methyl sites for hydroxylation is 2. The van der Waals surface area contributed by atoms with Gasteiger partial charge in [0.05, 0.1) is 24.4 Å². The topological polar surface area (TPSA) is 96.2 Å². The molecule has 0 atom stereocenters. The molecule has 0 aliphatic heterocycles. The summed E-state index contributed by atoms with van der Waals surface area (Å²) in [6, 6.07) is 11.5. The molecule has 40 heavy (non-hydrogen) atoms. The molecule has 0 spiro atoms. The van der Waals surface area contributed by atoms with Crippen molar-refractivity contribution in [2.75, 3.05) is 7.11 Å². The monoisotopic (exact) mass is 542 g/mol. The lowest BCUT2D eigenvalue weighted by Crippen LogP contribution is -2.26. The number of halogens is 2. The number of Topliss-reactive ketones (excluding diaryl/α,β-unsaturated/α-hetero) is 1. The molecular formula is C30H24F2N4O4. The predicted octanol–water partition coefficient (Wildman–Crippen LogP) is 5.51. The summed E-state index contributed by atoms with van der Waals surface area (Å²) in [5.74, 6) is -0.949. The minimum atomic E-state index is -0.698. The Morgan fingerprint density at radius 2 is 1.80 bits per heavy atom. The minimum absolute atomic E-state index is 0.0697. The van der Waals surface area contributed by atoms with E-state index in [-0.39, 0.29) is 23.4 Å². The Labute approximate surface area is 227 Å². The molecular weight excluding hydrogens is 518 g/mol. The largest absolute Gasteiger partial charge is 0.495 e. The van der Waals surface area contributed by atoms with E-state index in [0.717, 1.165) is 0 Å². The molecule has 0 fully saturated rings. The van der Waals surface area contributed by atoms with Crippen LogP contribution in [0.15, 0.2) is 65.7 Å². The lowest BCUT2D eigenvalue weighted by atomic mass is 9.97. The number of hydrogen-bond acceptors (Lipinski definition) is 7. The molecule has 10 heteroatoms. The number of fused-ring (bicyclic) bond motifs is 1. The van der Waals surface area contributed by atoms with Crippen LogP contribution in [0.1, 0.15) is 27.3 Å². The summed E-state index contributed by atoms with van der Waals surface area (Å²) in [4.78, 5) is 35.1. The Bertz CT molecular complexity index is 1850. The van der Waals surface area contributed by atoms with Gasteiger partial charge in [-0.25, -0.2) is 13.8 Å². The van der Waals surface area contributed by atoms with Crippen molar-refractivity contribution < 1.29 is 23.0 Å². The first-order valence-corrected chi connectivity index (χ1v) is 12.3. The van der Waals surface area contributed by atoms with Gasteiger partial charge in [-0.1, -0.05) is 12.1 Å². The number of pyridine rings is 2. The van der Waals surface area contributed by atoms with Crippen molar-refractivity contribution in [2.24, 2.45) is 7.05 Å². The van der Waals surface area contributed by atoms with Crippen molar-refractivity contribution in [3.8, 4) is 28.4 Å². The fourth-order valence-electron chi connectivity index (χ4n) is 4.43. The Kier molecular flexibility index (Phi) is 7.08. The molecule has 0 saturated carbocycles. The van der Waals surface area contributed by atoms with Crippen LogP contribution < -0.4 is 14.9 Å². The van der Waals surface area contributed by atoms with Crippen molar-refractivity contribution in [1.82, 2.24) is 19.7 Å². The zero-order valence-corrected chi connectivity index (χ0v) is 22.2. The van der Waals surface area contributed by atoms with Crippen LogP contribution in [0.4, 0.5) is 8.78 Å². The normalized spacial score (nSPS) is 11.1. The van der Waals surface area contributed by atoms with Crippen LogP contribution in [0.25, 0.3) is 22.2 Å². The van der Waals surface area contributed by atoms with Crippen LogP contribution in [0.3, 0.4) is 0 Å². The van der Waals surface area contributed by atoms with Gasteiger partial charge in [0.1, 0.15) is 17.1 Å². The van der Waals surface area contributed by atoms with E-state index in [1.54, 1.807) is 39.1 Å². The van der Waals surface area contributed by atoms with Gasteiger partial charge in [0.15, 0.2) is 28.8 Å². The molecule has 3 heterocycles. The first-order chi connectivity index (χ1) is 19.2. The third-order valence-electron chi connectivity index (χ3n) is 6.59. The molecule has 0 bridgehead atoms. The second kappa shape index (κ2) is 10.6. The van der Waals surface area contributed by atoms with Crippen molar-refractivity contribution >= 4 is 16.8 Å². The van der Waals surface area contributed by atoms with Gasteiger partial charge in [0, 0.05) is 37.5 Å². The SMILES string of the molecule is COc1cnc2c(Oc3ccc(CC(=O)c4nn(C)c(C)c(-c5ccc(F)cc5C)c4=O)cc3F)ccnc2c1. The zero-order chi connectivity index (χ0) is 28.6. The van der Waals surface area contributed by atoms with Gasteiger partial charge in [-0.05, 0) is 54.8 Å². The van der Waals surface area contributed by atoms with E-state index in [2.05, 4.69) is 15.1 Å². The number of ketones is 1. The van der Waals surface area contributed by atoms with Crippen LogP contribution >= 0.6 is 0 Å². The van der Waals surface area contributed by atoms with Crippen LogP contribution in [0.2, 0.25) is 0 Å². The molecule has 3 aromatic heterocycles. The number of methoxy groups -OCH3 is 1. The molecule has 0 aliphatic rings. The Morgan fingerprint density at radius 3 is 2.52 bits per heavy atom. The molecule has 2 aromatic carbocycles. The highest BCUT2D eigenvalue weighted by Crippen LogP contribution is 2.31. The fraction of sp³-hybridized carbons (Fsp3) is 0.167. The van der Waals surface area contributed by atoms with Gasteiger partial charge < -0.3 is 9.47 Å². The standard InChI is InChI=1S/C30H24F2N4O4/c1-16-11-19(31)6-7-21(16)27-17(2)36(3)35-29(30(27)38)24(37)13-18-5-8-25(22(32)12-18)40-26-9-10-33-23-14-20(39-4)15-34-28(23)26/h5-12,14-15H,13H2,1-4H3. The third kappa shape index (κ3) is 5.03. The lowest BCUT2D eigenvalue weighted by Gasteiger charge is -2.14. The van der Waals surface area contributed by atoms with Crippen molar-refractivity contribution in [1.29, 1.82) is 0 Å². The highest BCUT2D eigenvalue weighted by molar-refractivity contribution is 5.96. The van der Waals surface area contributed by atoms with Crippen LogP contribution in [0.5, 0.6) is 17.2 Å². The van der Waals surface area contributed by atoms with Crippen molar-refractivity contribution in [2.45, 2.75) is 20.3 Å². The molecule has 8 nitrogen and oxygen atoms in total. The number of rotatable bonds is 7. The fourth-order valence-corrected chi connectivity index (χ4v) is 4.43. The number of ether oxygens (including phenoxy) is 2. The molecule has 0 N–H and O–H groups in total. The number of carbonyl (C=O) groups excluding carboxylic acids is 1. The summed E-state index contributed by atoms with van der Waals surface area (Å²) in [6.45, 7) is 3.39. The van der Waals surface area contributed by atoms with Gasteiger partial charge in [-0.2, -0.15) is 5.10 Å². The van der Waals surface area contributed by atoms with Crippen LogP contribution in [0, 0.1) is 25.5 Å². The number of hydrogen-bond donors (Lipinski definition) is 0. The Balaban J connectivity index is 1.42. The Morgan fingerprint density at radius 1 is 1.00 bits per heavy atom. The van der Waals surface area contributed by atoms with Gasteiger partial charge in [-0.3, -0.25) is 19.3 Å². The molecule has 0 amide bonds. The van der Waals surface area contributed by atoms with Gasteiger partial charge in [0.25, 0.3) is 0 Å². The number of carbonyl (C=O) groups is 1. The van der Waals surface area contributed by atoms with Gasteiger partial charge >= 0.3 is 0 Å². The van der Waals surface area contributed by atoms with E-state index in [1.165, 1.54) is 54.5 Å². The molecule has 0 radical (unpaired) electrons. The molecule has 0 aliphatic carbocycles. The predicted molar refractivity (Wildman–Crippen MR) is 145 cm³/mol. The highest BCUT2D eigenvalue weighted by Gasteiger charge is 2.22. The van der Waals surface area contributed by atoms with E-state index in [1.807, 2.05) is 0 Å². The number of benzene rings is 2. The van der Waals surface area contributed by atoms with Crippen molar-refractivity contribution in [3.05, 3.63) is 105 Å². The summed E-state index contributed by atoms with van der Waals surface area (Å²) >= 11 is 0. The van der Waals surface area contributed by atoms with Crippen LogP contribution in [-0.2, 0) is 13.5 Å². The molecule has 0 saturated heterocycles. The summed E-state index contributed by atoms with van der Waals surface area (Å²) < 4.78 is 41.1. The van der Waals surface area contributed by atoms with Crippen LogP contribution in [-0.4, -0.2) is 32.6 Å². The van der Waals surface area contributed by atoms with E-state index in [4.69, 9.17) is 9.47 Å². The zero-order valence-electron chi connectivity index (χ0n) is 22.2.